The zero-order chi connectivity index (χ0) is 24.6. The molecule has 0 amide bonds. The van der Waals surface area contributed by atoms with Gasteiger partial charge < -0.3 is 4.74 Å². The largest absolute Gasteiger partial charge is 0.432 e. The van der Waals surface area contributed by atoms with E-state index in [2.05, 4.69) is 11.7 Å². The van der Waals surface area contributed by atoms with Gasteiger partial charge >= 0.3 is 6.11 Å². The quantitative estimate of drug-likeness (QED) is 0.311. The van der Waals surface area contributed by atoms with Crippen molar-refractivity contribution in [2.24, 2.45) is 5.92 Å². The zero-order valence-corrected chi connectivity index (χ0v) is 18.8. The van der Waals surface area contributed by atoms with Crippen molar-refractivity contribution in [3.8, 4) is 16.9 Å². The van der Waals surface area contributed by atoms with E-state index in [4.69, 9.17) is 0 Å². The van der Waals surface area contributed by atoms with Gasteiger partial charge in [0.15, 0.2) is 0 Å². The normalized spacial score (nSPS) is 15.5. The molecule has 0 N–H and O–H groups in total. The van der Waals surface area contributed by atoms with Crippen LogP contribution in [0, 0.1) is 36.1 Å². The number of ether oxygens (including phenoxy) is 1. The van der Waals surface area contributed by atoms with Crippen LogP contribution in [0.1, 0.15) is 48.4 Å². The van der Waals surface area contributed by atoms with Crippen molar-refractivity contribution in [2.45, 2.75) is 52.1 Å². The molecule has 0 radical (unpaired) electrons. The van der Waals surface area contributed by atoms with Gasteiger partial charge in [-0.2, -0.15) is 8.78 Å². The minimum absolute atomic E-state index is 0.113. The lowest BCUT2D eigenvalue weighted by atomic mass is 9.98. The molecule has 0 aromatic heterocycles. The van der Waals surface area contributed by atoms with Crippen LogP contribution < -0.4 is 4.74 Å². The van der Waals surface area contributed by atoms with Gasteiger partial charge in [0.25, 0.3) is 0 Å². The summed E-state index contributed by atoms with van der Waals surface area (Å²) < 4.78 is 90.5. The van der Waals surface area contributed by atoms with E-state index < -0.39 is 40.7 Å². The fraction of sp³-hybridized carbons (Fsp3) is 0.333. The molecule has 34 heavy (non-hydrogen) atoms. The van der Waals surface area contributed by atoms with Crippen molar-refractivity contribution >= 4 is 0 Å². The average Bonchev–Trinajstić information content (AvgIpc) is 3.17. The number of unbranched alkanes of at least 4 members (excludes halogenated alkanes) is 1. The highest BCUT2D eigenvalue weighted by molar-refractivity contribution is 5.66. The summed E-state index contributed by atoms with van der Waals surface area (Å²) in [5.41, 5.74) is 0.912. The number of halogens is 6. The lowest BCUT2D eigenvalue weighted by molar-refractivity contribution is -0.189. The maximum absolute atomic E-state index is 14.7. The molecule has 3 aromatic carbocycles. The SMILES string of the molecule is CCCCC1Cc2ccc(-c3cc(F)c(C(F)(F)Oc4cc(F)c(C)c(F)c4)c(F)c3)cc2C1. The van der Waals surface area contributed by atoms with Gasteiger partial charge in [-0.1, -0.05) is 38.0 Å². The fourth-order valence-electron chi connectivity index (χ4n) is 4.48. The van der Waals surface area contributed by atoms with E-state index in [0.717, 1.165) is 56.7 Å². The summed E-state index contributed by atoms with van der Waals surface area (Å²) in [4.78, 5) is 0. The molecule has 0 saturated heterocycles. The van der Waals surface area contributed by atoms with Crippen LogP contribution >= 0.6 is 0 Å². The molecule has 4 rings (SSSR count). The van der Waals surface area contributed by atoms with E-state index >= 15 is 0 Å². The van der Waals surface area contributed by atoms with Crippen molar-refractivity contribution in [3.05, 3.63) is 88.0 Å². The predicted octanol–water partition coefficient (Wildman–Crippen LogP) is 8.25. The van der Waals surface area contributed by atoms with Gasteiger partial charge in [0.1, 0.15) is 34.6 Å². The van der Waals surface area contributed by atoms with Gasteiger partial charge in [-0.05, 0) is 66.5 Å². The molecule has 0 aliphatic heterocycles. The number of rotatable bonds is 7. The molecule has 0 heterocycles. The van der Waals surface area contributed by atoms with E-state index in [1.54, 1.807) is 6.07 Å². The maximum Gasteiger partial charge on any atom is 0.432 e. The molecule has 3 aromatic rings. The average molecular weight is 478 g/mol. The Labute approximate surface area is 194 Å². The molecule has 1 nitrogen and oxygen atoms in total. The Morgan fingerprint density at radius 1 is 0.824 bits per heavy atom. The van der Waals surface area contributed by atoms with Crippen LogP contribution in [0.2, 0.25) is 0 Å². The minimum Gasteiger partial charge on any atom is -0.429 e. The molecule has 1 aliphatic carbocycles. The summed E-state index contributed by atoms with van der Waals surface area (Å²) >= 11 is 0. The maximum atomic E-state index is 14.7. The zero-order valence-electron chi connectivity index (χ0n) is 18.8. The molecule has 0 fully saturated rings. The third-order valence-corrected chi connectivity index (χ3v) is 6.36. The summed E-state index contributed by atoms with van der Waals surface area (Å²) in [5.74, 6) is -5.62. The lowest BCUT2D eigenvalue weighted by Gasteiger charge is -2.20. The van der Waals surface area contributed by atoms with Crippen LogP contribution in [-0.2, 0) is 19.0 Å². The van der Waals surface area contributed by atoms with Gasteiger partial charge in [-0.25, -0.2) is 17.6 Å². The fourth-order valence-corrected chi connectivity index (χ4v) is 4.48. The molecular weight excluding hydrogens is 454 g/mol. The highest BCUT2D eigenvalue weighted by Gasteiger charge is 2.41. The van der Waals surface area contributed by atoms with Crippen molar-refractivity contribution in [3.63, 3.8) is 0 Å². The van der Waals surface area contributed by atoms with Crippen molar-refractivity contribution in [1.82, 2.24) is 0 Å². The Morgan fingerprint density at radius 3 is 2.06 bits per heavy atom. The van der Waals surface area contributed by atoms with E-state index in [1.807, 2.05) is 12.1 Å². The molecule has 1 unspecified atom stereocenters. The second-order valence-corrected chi connectivity index (χ2v) is 8.85. The Balaban J connectivity index is 1.61. The molecule has 7 heteroatoms. The van der Waals surface area contributed by atoms with E-state index in [0.29, 0.717) is 23.6 Å². The minimum atomic E-state index is -4.49. The Morgan fingerprint density at radius 2 is 1.44 bits per heavy atom. The summed E-state index contributed by atoms with van der Waals surface area (Å²) in [7, 11) is 0. The van der Waals surface area contributed by atoms with Gasteiger partial charge in [0.2, 0.25) is 0 Å². The molecule has 0 saturated carbocycles. The van der Waals surface area contributed by atoms with Gasteiger partial charge in [0, 0.05) is 17.7 Å². The first-order valence-electron chi connectivity index (χ1n) is 11.2. The topological polar surface area (TPSA) is 9.23 Å². The van der Waals surface area contributed by atoms with Crippen LogP contribution in [0.5, 0.6) is 5.75 Å². The number of benzene rings is 3. The van der Waals surface area contributed by atoms with Gasteiger partial charge in [0.05, 0.1) is 0 Å². The molecule has 180 valence electrons. The smallest absolute Gasteiger partial charge is 0.429 e. The van der Waals surface area contributed by atoms with Crippen LogP contribution in [0.3, 0.4) is 0 Å². The molecule has 1 atom stereocenters. The lowest BCUT2D eigenvalue weighted by Crippen LogP contribution is -2.25. The van der Waals surface area contributed by atoms with Crippen LogP contribution in [0.25, 0.3) is 11.1 Å². The molecule has 0 bridgehead atoms. The molecule has 1 aliphatic rings. The summed E-state index contributed by atoms with van der Waals surface area (Å²) in [6.07, 6.45) is 0.711. The summed E-state index contributed by atoms with van der Waals surface area (Å²) in [6.45, 7) is 3.26. The van der Waals surface area contributed by atoms with Crippen molar-refractivity contribution in [2.75, 3.05) is 0 Å². The van der Waals surface area contributed by atoms with Gasteiger partial charge in [-0.15, -0.1) is 0 Å². The Hall–Kier alpha value is -2.96. The van der Waals surface area contributed by atoms with Crippen molar-refractivity contribution in [1.29, 1.82) is 0 Å². The monoisotopic (exact) mass is 478 g/mol. The number of fused-ring (bicyclic) bond motifs is 1. The third-order valence-electron chi connectivity index (χ3n) is 6.36. The molecule has 0 spiro atoms. The number of alkyl halides is 2. The number of hydrogen-bond donors (Lipinski definition) is 0. The second kappa shape index (κ2) is 9.35. The van der Waals surface area contributed by atoms with E-state index in [-0.39, 0.29) is 11.1 Å². The van der Waals surface area contributed by atoms with Crippen LogP contribution in [0.15, 0.2) is 42.5 Å². The summed E-state index contributed by atoms with van der Waals surface area (Å²) in [5, 5.41) is 0. The van der Waals surface area contributed by atoms with Crippen LogP contribution in [0.4, 0.5) is 26.3 Å². The highest BCUT2D eigenvalue weighted by Crippen LogP contribution is 2.39. The summed E-state index contributed by atoms with van der Waals surface area (Å²) in [6, 6.07) is 8.19. The molecular formula is C27H24F6O. The van der Waals surface area contributed by atoms with E-state index in [1.165, 1.54) is 5.56 Å². The highest BCUT2D eigenvalue weighted by atomic mass is 19.3. The first kappa shape index (κ1) is 24.2. The Bertz CT molecular complexity index is 1170. The number of hydrogen-bond acceptors (Lipinski definition) is 1. The van der Waals surface area contributed by atoms with Crippen molar-refractivity contribution < 1.29 is 31.1 Å². The first-order chi connectivity index (χ1) is 16.1. The standard InChI is InChI=1S/C27H24F6O/c1-3-4-5-16-8-17-6-7-18(10-19(17)9-16)20-11-24(30)26(25(31)12-20)27(32,33)34-21-13-22(28)15(2)23(29)14-21/h6-7,10-14,16H,3-5,8-9H2,1-2H3. The second-order valence-electron chi connectivity index (χ2n) is 8.85. The Kier molecular flexibility index (Phi) is 6.65. The predicted molar refractivity (Wildman–Crippen MR) is 118 cm³/mol. The van der Waals surface area contributed by atoms with Gasteiger partial charge in [-0.3, -0.25) is 0 Å². The van der Waals surface area contributed by atoms with Crippen LogP contribution in [-0.4, -0.2) is 0 Å². The first-order valence-corrected chi connectivity index (χ1v) is 11.2. The van der Waals surface area contributed by atoms with E-state index in [9.17, 15) is 26.3 Å². The third kappa shape index (κ3) is 4.79.